The normalized spacial score (nSPS) is 7.33. The van der Waals surface area contributed by atoms with E-state index >= 15 is 0 Å². The molecule has 6 heavy (non-hydrogen) atoms. The highest BCUT2D eigenvalue weighted by atomic mass is 16.6. The predicted octanol–water partition coefficient (Wildman–Crippen LogP) is -0.0854. The van der Waals surface area contributed by atoms with Crippen LogP contribution >= 0.6 is 0 Å². The Hall–Kier alpha value is -0.590. The zero-order valence-corrected chi connectivity index (χ0v) is 3.18. The molecule has 0 rings (SSSR count). The monoisotopic (exact) mass is 86.0 g/mol. The van der Waals surface area contributed by atoms with Crippen molar-refractivity contribution in [2.45, 2.75) is 0 Å². The van der Waals surface area contributed by atoms with Crippen LogP contribution in [0.4, 0.5) is 0 Å². The molecule has 0 aromatic rings. The van der Waals surface area contributed by atoms with Crippen LogP contribution in [-0.2, 0) is 9.84 Å². The summed E-state index contributed by atoms with van der Waals surface area (Å²) in [4.78, 5) is 0. The maximum absolute atomic E-state index is 9.32. The molecule has 0 spiro atoms. The van der Waals surface area contributed by atoms with Gasteiger partial charge < -0.3 is 4.74 Å². The largest absolute Gasteiger partial charge is 0.337 e. The molecule has 0 aliphatic heterocycles. The molecule has 3 nitrogen and oxygen atoms in total. The molecular formula is C3H4NO2. The van der Waals surface area contributed by atoms with E-state index in [0.717, 1.165) is 0 Å². The van der Waals surface area contributed by atoms with Gasteiger partial charge >= 0.3 is 0 Å². The zero-order valence-electron chi connectivity index (χ0n) is 3.18. The fourth-order valence-corrected chi connectivity index (χ4v) is 0.0873. The van der Waals surface area contributed by atoms with Crippen molar-refractivity contribution in [3.63, 3.8) is 0 Å². The minimum atomic E-state index is -0.617. The van der Waals surface area contributed by atoms with Gasteiger partial charge in [-0.2, -0.15) is 5.26 Å². The van der Waals surface area contributed by atoms with Crippen LogP contribution < -0.4 is 0 Å². The molecular weight excluding hydrogens is 82.0 g/mol. The Balaban J connectivity index is 2.54. The quantitative estimate of drug-likeness (QED) is 0.348. The summed E-state index contributed by atoms with van der Waals surface area (Å²) in [5.41, 5.74) is 0. The molecule has 0 aromatic heterocycles. The lowest BCUT2D eigenvalue weighted by molar-refractivity contribution is -0.0305. The molecule has 0 aliphatic carbocycles. The van der Waals surface area contributed by atoms with Gasteiger partial charge in [-0.05, 0) is 0 Å². The van der Waals surface area contributed by atoms with Crippen molar-refractivity contribution in [3.8, 4) is 6.07 Å². The summed E-state index contributed by atoms with van der Waals surface area (Å²) in [5, 5.41) is 17.0. The summed E-state index contributed by atoms with van der Waals surface area (Å²) < 4.78 is 4.07. The van der Waals surface area contributed by atoms with E-state index in [2.05, 4.69) is 4.74 Å². The van der Waals surface area contributed by atoms with Gasteiger partial charge in [-0.25, -0.2) is 5.11 Å². The lowest BCUT2D eigenvalue weighted by atomic mass is 10.8. The van der Waals surface area contributed by atoms with Crippen molar-refractivity contribution >= 4 is 0 Å². The molecule has 0 saturated carbocycles. The summed E-state index contributed by atoms with van der Waals surface area (Å²) in [6.07, 6.45) is 0. The minimum absolute atomic E-state index is 0.0938. The van der Waals surface area contributed by atoms with Crippen LogP contribution in [0.1, 0.15) is 0 Å². The fraction of sp³-hybridized carbons (Fsp3) is 0.667. The Bertz CT molecular complexity index is 56.3. The first-order valence-corrected chi connectivity index (χ1v) is 1.44. The molecule has 1 radical (unpaired) electrons. The molecule has 0 bridgehead atoms. The summed E-state index contributed by atoms with van der Waals surface area (Å²) in [6.45, 7) is -0.711. The Labute approximate surface area is 35.8 Å². The van der Waals surface area contributed by atoms with Crippen molar-refractivity contribution in [1.82, 2.24) is 0 Å². The predicted molar refractivity (Wildman–Crippen MR) is 17.1 cm³/mol. The van der Waals surface area contributed by atoms with Crippen LogP contribution in [-0.4, -0.2) is 13.4 Å². The van der Waals surface area contributed by atoms with Crippen LogP contribution in [0.15, 0.2) is 0 Å². The highest BCUT2D eigenvalue weighted by Gasteiger charge is 1.73. The molecule has 0 saturated heterocycles. The smallest absolute Gasteiger partial charge is 0.182 e. The molecule has 0 aromatic carbocycles. The van der Waals surface area contributed by atoms with Gasteiger partial charge in [-0.15, -0.1) is 0 Å². The second-order valence-corrected chi connectivity index (χ2v) is 0.624. The highest BCUT2D eigenvalue weighted by molar-refractivity contribution is 4.65. The van der Waals surface area contributed by atoms with Crippen LogP contribution in [0.2, 0.25) is 0 Å². The van der Waals surface area contributed by atoms with Gasteiger partial charge in [0.25, 0.3) is 0 Å². The summed E-state index contributed by atoms with van der Waals surface area (Å²) in [7, 11) is 0. The van der Waals surface area contributed by atoms with Crippen molar-refractivity contribution < 1.29 is 9.84 Å². The van der Waals surface area contributed by atoms with Gasteiger partial charge in [0.05, 0.1) is 6.07 Å². The van der Waals surface area contributed by atoms with Crippen molar-refractivity contribution in [1.29, 1.82) is 5.26 Å². The van der Waals surface area contributed by atoms with Crippen molar-refractivity contribution in [3.05, 3.63) is 0 Å². The van der Waals surface area contributed by atoms with Crippen LogP contribution in [0, 0.1) is 11.3 Å². The number of rotatable bonds is 2. The first-order chi connectivity index (χ1) is 2.91. The highest BCUT2D eigenvalue weighted by Crippen LogP contribution is 1.63. The van der Waals surface area contributed by atoms with Crippen LogP contribution in [0.5, 0.6) is 0 Å². The van der Waals surface area contributed by atoms with Crippen LogP contribution in [0.3, 0.4) is 0 Å². The molecule has 0 aliphatic rings. The molecule has 0 unspecified atom stereocenters. The zero-order chi connectivity index (χ0) is 4.83. The topological polar surface area (TPSA) is 52.9 Å². The average molecular weight is 86.1 g/mol. The van der Waals surface area contributed by atoms with Gasteiger partial charge in [0, 0.05) is 0 Å². The van der Waals surface area contributed by atoms with E-state index in [4.69, 9.17) is 5.26 Å². The molecule has 0 atom stereocenters. The van der Waals surface area contributed by atoms with E-state index in [-0.39, 0.29) is 6.61 Å². The number of nitrogens with zero attached hydrogens (tertiary/aromatic N) is 1. The fourth-order valence-electron chi connectivity index (χ4n) is 0.0873. The molecule has 0 amide bonds. The van der Waals surface area contributed by atoms with E-state index in [1.807, 2.05) is 0 Å². The van der Waals surface area contributed by atoms with E-state index < -0.39 is 6.79 Å². The third-order valence-corrected chi connectivity index (χ3v) is 0.250. The van der Waals surface area contributed by atoms with E-state index in [9.17, 15) is 5.11 Å². The summed E-state index contributed by atoms with van der Waals surface area (Å²) in [5.74, 6) is 0. The van der Waals surface area contributed by atoms with Crippen molar-refractivity contribution in [2.75, 3.05) is 13.4 Å². The number of hydrogen-bond donors (Lipinski definition) is 0. The minimum Gasteiger partial charge on any atom is -0.337 e. The standard InChI is InChI=1S/C3H4NO2/c4-1-2-6-3-5/h2-3H2. The third kappa shape index (κ3) is 3.41. The number of hydrogen-bond acceptors (Lipinski definition) is 2. The van der Waals surface area contributed by atoms with E-state index in [1.165, 1.54) is 0 Å². The first kappa shape index (κ1) is 5.41. The Morgan fingerprint density at radius 1 is 1.83 bits per heavy atom. The molecule has 3 heteroatoms. The first-order valence-electron chi connectivity index (χ1n) is 1.44. The SMILES string of the molecule is N#CCOC[O]. The van der Waals surface area contributed by atoms with Crippen molar-refractivity contribution in [2.24, 2.45) is 0 Å². The Kier molecular flexibility index (Phi) is 3.98. The van der Waals surface area contributed by atoms with Gasteiger partial charge in [0.2, 0.25) is 0 Å². The van der Waals surface area contributed by atoms with Gasteiger partial charge in [0.15, 0.2) is 6.79 Å². The van der Waals surface area contributed by atoms with E-state index in [1.54, 1.807) is 6.07 Å². The van der Waals surface area contributed by atoms with Gasteiger partial charge in [0.1, 0.15) is 6.61 Å². The summed E-state index contributed by atoms with van der Waals surface area (Å²) >= 11 is 0. The van der Waals surface area contributed by atoms with Gasteiger partial charge in [-0.1, -0.05) is 0 Å². The molecule has 33 valence electrons. The second-order valence-electron chi connectivity index (χ2n) is 0.624. The number of ether oxygens (including phenoxy) is 1. The lowest BCUT2D eigenvalue weighted by Crippen LogP contribution is -1.88. The Morgan fingerprint density at radius 3 is 2.67 bits per heavy atom. The second kappa shape index (κ2) is 4.41. The lowest BCUT2D eigenvalue weighted by Gasteiger charge is -1.81. The number of nitriles is 1. The van der Waals surface area contributed by atoms with Gasteiger partial charge in [-0.3, -0.25) is 0 Å². The summed E-state index contributed by atoms with van der Waals surface area (Å²) in [6, 6.07) is 1.65. The molecule has 0 fully saturated rings. The average Bonchev–Trinajstić information content (AvgIpc) is 1.61. The third-order valence-electron chi connectivity index (χ3n) is 0.250. The van der Waals surface area contributed by atoms with E-state index in [0.29, 0.717) is 0 Å². The molecule has 0 N–H and O–H groups in total. The van der Waals surface area contributed by atoms with Crippen LogP contribution in [0.25, 0.3) is 0 Å². The molecule has 0 heterocycles. The maximum atomic E-state index is 9.32. The Morgan fingerprint density at radius 2 is 2.50 bits per heavy atom. The maximum Gasteiger partial charge on any atom is 0.182 e.